The van der Waals surface area contributed by atoms with E-state index in [1.165, 1.54) is 12.8 Å². The van der Waals surface area contributed by atoms with E-state index in [1.54, 1.807) is 6.92 Å². The predicted molar refractivity (Wildman–Crippen MR) is 179 cm³/mol. The fourth-order valence-electron chi connectivity index (χ4n) is 4.81. The first kappa shape index (κ1) is 41.8. The maximum Gasteiger partial charge on any atom is 0.0865 e. The van der Waals surface area contributed by atoms with Gasteiger partial charge in [-0.2, -0.15) is 0 Å². The maximum atomic E-state index is 9.62. The van der Waals surface area contributed by atoms with Gasteiger partial charge in [0.15, 0.2) is 0 Å². The van der Waals surface area contributed by atoms with Crippen molar-refractivity contribution in [3.63, 3.8) is 0 Å². The van der Waals surface area contributed by atoms with Crippen LogP contribution in [0.5, 0.6) is 0 Å². The Morgan fingerprint density at radius 2 is 1.44 bits per heavy atom. The van der Waals surface area contributed by atoms with Crippen LogP contribution in [0, 0.1) is 23.7 Å². The highest BCUT2D eigenvalue weighted by Crippen LogP contribution is 2.39. The first-order valence-electron chi connectivity index (χ1n) is 15.7. The number of fused-ring (bicyclic) bond motifs is 1. The van der Waals surface area contributed by atoms with Gasteiger partial charge in [-0.05, 0) is 130 Å². The number of hydrogen-bond donors (Lipinski definition) is 1. The maximum absolute atomic E-state index is 9.62. The molecular weight excluding hydrogens is 508 g/mol. The highest BCUT2D eigenvalue weighted by Gasteiger charge is 2.43. The number of allylic oxidation sites excluding steroid dienone is 3. The summed E-state index contributed by atoms with van der Waals surface area (Å²) in [5.74, 6) is 3.08. The van der Waals surface area contributed by atoms with E-state index in [1.807, 2.05) is 34.6 Å². The molecule has 1 N–H and O–H groups in total. The minimum atomic E-state index is -0.555. The molecule has 3 unspecified atom stereocenters. The number of aliphatic hydroxyl groups is 1. The molecule has 0 aromatic heterocycles. The summed E-state index contributed by atoms with van der Waals surface area (Å²) >= 11 is 0. The second kappa shape index (κ2) is 19.0. The van der Waals surface area contributed by atoms with E-state index >= 15 is 0 Å². The van der Waals surface area contributed by atoms with Gasteiger partial charge in [-0.15, -0.1) is 6.42 Å². The molecule has 2 rings (SSSR count). The normalized spacial score (nSPS) is 20.2. The van der Waals surface area contributed by atoms with Gasteiger partial charge in [-0.3, -0.25) is 0 Å². The monoisotopic (exact) mass is 577 g/mol. The molecule has 0 aromatic carbocycles. The Bertz CT molecular complexity index is 813. The van der Waals surface area contributed by atoms with Crippen molar-refractivity contribution in [3.8, 4) is 12.3 Å². The third-order valence-electron chi connectivity index (χ3n) is 7.33. The molecule has 1 saturated heterocycles. The topological polar surface area (TPSA) is 47.9 Å². The molecule has 0 spiro atoms. The zero-order valence-corrected chi connectivity index (χ0v) is 29.5. The van der Waals surface area contributed by atoms with Gasteiger partial charge >= 0.3 is 0 Å². The van der Waals surface area contributed by atoms with E-state index in [2.05, 4.69) is 74.1 Å². The van der Waals surface area contributed by atoms with Gasteiger partial charge in [-0.25, -0.2) is 0 Å². The molecule has 240 valence electrons. The number of hydrogen-bond acceptors (Lipinski definition) is 4. The van der Waals surface area contributed by atoms with Gasteiger partial charge in [0.1, 0.15) is 0 Å². The Morgan fingerprint density at radius 1 is 0.902 bits per heavy atom. The molecular formula is C37H68O4. The third kappa shape index (κ3) is 20.2. The molecule has 0 aromatic rings. The summed E-state index contributed by atoms with van der Waals surface area (Å²) in [7, 11) is 0. The van der Waals surface area contributed by atoms with Gasteiger partial charge < -0.3 is 19.3 Å². The molecule has 1 aliphatic heterocycles. The Labute approximate surface area is 256 Å². The molecule has 2 fully saturated rings. The minimum Gasteiger partial charge on any atom is -0.390 e. The number of rotatable bonds is 11. The van der Waals surface area contributed by atoms with Crippen LogP contribution in [0.1, 0.15) is 135 Å². The fraction of sp³-hybridized carbons (Fsp3) is 0.784. The molecule has 4 nitrogen and oxygen atoms in total. The zero-order valence-electron chi connectivity index (χ0n) is 29.5. The lowest BCUT2D eigenvalue weighted by Gasteiger charge is -2.32. The molecule has 0 bridgehead atoms. The van der Waals surface area contributed by atoms with Crippen molar-refractivity contribution in [1.82, 2.24) is 0 Å². The van der Waals surface area contributed by atoms with Gasteiger partial charge in [0, 0.05) is 13.2 Å². The summed E-state index contributed by atoms with van der Waals surface area (Å²) in [6.07, 6.45) is 12.9. The van der Waals surface area contributed by atoms with Gasteiger partial charge in [0.05, 0.1) is 29.0 Å². The lowest BCUT2D eigenvalue weighted by atomic mass is 9.77. The summed E-state index contributed by atoms with van der Waals surface area (Å²) in [6.45, 7) is 39.6. The van der Waals surface area contributed by atoms with Crippen LogP contribution in [0.15, 0.2) is 36.5 Å². The van der Waals surface area contributed by atoms with Crippen molar-refractivity contribution in [2.45, 2.75) is 164 Å². The van der Waals surface area contributed by atoms with Gasteiger partial charge in [-0.1, -0.05) is 58.9 Å². The Morgan fingerprint density at radius 3 is 1.88 bits per heavy atom. The van der Waals surface area contributed by atoms with Gasteiger partial charge in [0.2, 0.25) is 0 Å². The van der Waals surface area contributed by atoms with E-state index in [9.17, 15) is 5.11 Å². The summed E-state index contributed by atoms with van der Waals surface area (Å²) in [4.78, 5) is 0. The zero-order chi connectivity index (χ0) is 32.7. The first-order valence-corrected chi connectivity index (χ1v) is 15.7. The molecule has 0 radical (unpaired) electrons. The average molecular weight is 577 g/mol. The molecule has 1 heterocycles. The standard InChI is InChI=1S/C16H30O3.C14H26O.C5H6.C2H6/c1-15(2,3)18-11-9-16(4,5)19-13-7-6-12-8-10-17-14(12)13;1-11(2)12(3)13(4,5)9-8-10-14(6,7)15;1-4-5(2)3;1-2/h12-14H,6-11H2,1-5H3;15H,1,3,8-10H2,2,4-7H3;1H,2H2,3H3;1-2H3. The highest BCUT2D eigenvalue weighted by atomic mass is 16.6. The first-order chi connectivity index (χ1) is 18.6. The molecule has 1 saturated carbocycles. The van der Waals surface area contributed by atoms with Crippen molar-refractivity contribution in [2.75, 3.05) is 13.2 Å². The SMILES string of the molecule is C#CC(=C)C.C=C(C)C(=C)C(C)(C)CCCC(C)(C)O.CC.CC(C)(C)OCCC(C)(C)OC1CCC2CCOC21. The molecule has 41 heavy (non-hydrogen) atoms. The van der Waals surface area contributed by atoms with Crippen LogP contribution < -0.4 is 0 Å². The van der Waals surface area contributed by atoms with Crippen LogP contribution in [-0.2, 0) is 14.2 Å². The van der Waals surface area contributed by atoms with Crippen molar-refractivity contribution >= 4 is 0 Å². The van der Waals surface area contributed by atoms with Crippen LogP contribution in [0.4, 0.5) is 0 Å². The van der Waals surface area contributed by atoms with Crippen LogP contribution >= 0.6 is 0 Å². The van der Waals surface area contributed by atoms with E-state index in [-0.39, 0.29) is 22.7 Å². The summed E-state index contributed by atoms with van der Waals surface area (Å²) in [5.41, 5.74) is 2.31. The number of terminal acetylenes is 1. The van der Waals surface area contributed by atoms with Crippen molar-refractivity contribution in [2.24, 2.45) is 11.3 Å². The molecule has 3 atom stereocenters. The minimum absolute atomic E-state index is 0.0664. The van der Waals surface area contributed by atoms with Crippen molar-refractivity contribution < 1.29 is 19.3 Å². The van der Waals surface area contributed by atoms with Crippen LogP contribution in [0.25, 0.3) is 0 Å². The molecule has 1 aliphatic carbocycles. The molecule has 0 amide bonds. The van der Waals surface area contributed by atoms with Gasteiger partial charge in [0.25, 0.3) is 0 Å². The lowest BCUT2D eigenvalue weighted by molar-refractivity contribution is -0.131. The van der Waals surface area contributed by atoms with Crippen LogP contribution in [0.2, 0.25) is 0 Å². The van der Waals surface area contributed by atoms with Crippen LogP contribution in [0.3, 0.4) is 0 Å². The highest BCUT2D eigenvalue weighted by molar-refractivity contribution is 5.28. The summed E-state index contributed by atoms with van der Waals surface area (Å²) < 4.78 is 18.0. The second-order valence-electron chi connectivity index (χ2n) is 14.3. The van der Waals surface area contributed by atoms with Crippen molar-refractivity contribution in [1.29, 1.82) is 0 Å². The lowest BCUT2D eigenvalue weighted by Crippen LogP contribution is -2.37. The van der Waals surface area contributed by atoms with Crippen molar-refractivity contribution in [3.05, 3.63) is 36.5 Å². The molecule has 2 aliphatic rings. The largest absolute Gasteiger partial charge is 0.390 e. The summed E-state index contributed by atoms with van der Waals surface area (Å²) in [5, 5.41) is 9.62. The van der Waals surface area contributed by atoms with E-state index < -0.39 is 5.60 Å². The second-order valence-corrected chi connectivity index (χ2v) is 14.3. The summed E-state index contributed by atoms with van der Waals surface area (Å²) in [6, 6.07) is 0. The quantitative estimate of drug-likeness (QED) is 0.196. The molecule has 4 heteroatoms. The fourth-order valence-corrected chi connectivity index (χ4v) is 4.81. The Kier molecular flexibility index (Phi) is 19.4. The smallest absolute Gasteiger partial charge is 0.0865 e. The Balaban J connectivity index is 0. The van der Waals surface area contributed by atoms with E-state index in [0.717, 1.165) is 68.0 Å². The van der Waals surface area contributed by atoms with E-state index in [0.29, 0.717) is 6.10 Å². The Hall–Kier alpha value is -1.38. The third-order valence-corrected chi connectivity index (χ3v) is 7.33. The van der Waals surface area contributed by atoms with Crippen LogP contribution in [-0.4, -0.2) is 47.3 Å². The predicted octanol–water partition coefficient (Wildman–Crippen LogP) is 9.86. The van der Waals surface area contributed by atoms with E-state index in [4.69, 9.17) is 20.6 Å². The number of ether oxygens (including phenoxy) is 3. The average Bonchev–Trinajstić information content (AvgIpc) is 3.43.